The van der Waals surface area contributed by atoms with E-state index in [-0.39, 0.29) is 12.1 Å². The summed E-state index contributed by atoms with van der Waals surface area (Å²) in [6, 6.07) is 6.96. The van der Waals surface area contributed by atoms with Gasteiger partial charge in [0.05, 0.1) is 12.7 Å². The van der Waals surface area contributed by atoms with Crippen molar-refractivity contribution in [3.05, 3.63) is 42.5 Å². The summed E-state index contributed by atoms with van der Waals surface area (Å²) in [6.45, 7) is 7.26. The maximum absolute atomic E-state index is 11.3. The summed E-state index contributed by atoms with van der Waals surface area (Å²) in [4.78, 5) is 11.3. The molecule has 0 aromatic heterocycles. The van der Waals surface area contributed by atoms with Gasteiger partial charge in [-0.25, -0.2) is 4.79 Å². The first-order valence-corrected chi connectivity index (χ1v) is 6.37. The predicted octanol–water partition coefficient (Wildman–Crippen LogP) is 2.41. The monoisotopic (exact) mass is 263 g/mol. The highest BCUT2D eigenvalue weighted by Gasteiger charge is 2.09. The van der Waals surface area contributed by atoms with Crippen molar-refractivity contribution in [1.82, 2.24) is 5.32 Å². The van der Waals surface area contributed by atoms with Crippen LogP contribution in [0, 0.1) is 0 Å². The van der Waals surface area contributed by atoms with Crippen molar-refractivity contribution in [2.75, 3.05) is 20.2 Å². The molecule has 1 atom stereocenters. The summed E-state index contributed by atoms with van der Waals surface area (Å²) in [5, 5.41) is 3.23. The van der Waals surface area contributed by atoms with Crippen LogP contribution >= 0.6 is 0 Å². The van der Waals surface area contributed by atoms with E-state index in [1.54, 1.807) is 24.3 Å². The predicted molar refractivity (Wildman–Crippen MR) is 75.6 cm³/mol. The number of carbonyl (C=O) groups is 1. The van der Waals surface area contributed by atoms with Crippen molar-refractivity contribution < 1.29 is 14.3 Å². The smallest absolute Gasteiger partial charge is 0.337 e. The first-order valence-electron chi connectivity index (χ1n) is 6.37. The Morgan fingerprint density at radius 1 is 1.42 bits per heavy atom. The molecule has 1 rings (SSSR count). The number of ether oxygens (including phenoxy) is 2. The van der Waals surface area contributed by atoms with Crippen LogP contribution < -0.4 is 10.1 Å². The number of hydrogen-bond donors (Lipinski definition) is 1. The largest absolute Gasteiger partial charge is 0.489 e. The molecule has 1 aromatic rings. The molecule has 4 nitrogen and oxygen atoms in total. The maximum Gasteiger partial charge on any atom is 0.337 e. The Kier molecular flexibility index (Phi) is 6.68. The van der Waals surface area contributed by atoms with Gasteiger partial charge in [-0.15, -0.1) is 6.58 Å². The fourth-order valence-electron chi connectivity index (χ4n) is 1.60. The molecule has 4 heteroatoms. The summed E-state index contributed by atoms with van der Waals surface area (Å²) >= 11 is 0. The van der Waals surface area contributed by atoms with E-state index in [2.05, 4.69) is 23.6 Å². The van der Waals surface area contributed by atoms with Crippen LogP contribution in [0.25, 0.3) is 0 Å². The number of nitrogens with one attached hydrogen (secondary N) is 1. The Balaban J connectivity index is 2.55. The lowest BCUT2D eigenvalue weighted by Gasteiger charge is -2.18. The zero-order valence-electron chi connectivity index (χ0n) is 11.5. The SMILES string of the molecule is C=CCNCC(CC)Oc1ccc(C(=O)OC)cc1. The third-order valence-corrected chi connectivity index (χ3v) is 2.69. The fourth-order valence-corrected chi connectivity index (χ4v) is 1.60. The number of esters is 1. The summed E-state index contributed by atoms with van der Waals surface area (Å²) in [6.07, 6.45) is 2.82. The summed E-state index contributed by atoms with van der Waals surface area (Å²) in [5.74, 6) is 0.408. The van der Waals surface area contributed by atoms with Crippen molar-refractivity contribution in [1.29, 1.82) is 0 Å². The van der Waals surface area contributed by atoms with E-state index in [0.29, 0.717) is 5.56 Å². The van der Waals surface area contributed by atoms with Gasteiger partial charge in [0, 0.05) is 13.1 Å². The molecule has 0 radical (unpaired) electrons. The molecule has 0 saturated heterocycles. The van der Waals surface area contributed by atoms with Gasteiger partial charge >= 0.3 is 5.97 Å². The lowest BCUT2D eigenvalue weighted by Crippen LogP contribution is -2.30. The van der Waals surface area contributed by atoms with Crippen LogP contribution in [-0.2, 0) is 4.74 Å². The minimum Gasteiger partial charge on any atom is -0.489 e. The van der Waals surface area contributed by atoms with Crippen molar-refractivity contribution in [3.8, 4) is 5.75 Å². The van der Waals surface area contributed by atoms with Gasteiger partial charge < -0.3 is 14.8 Å². The van der Waals surface area contributed by atoms with Gasteiger partial charge in [0.25, 0.3) is 0 Å². The molecule has 104 valence electrons. The zero-order valence-corrected chi connectivity index (χ0v) is 11.5. The molecule has 0 aliphatic rings. The van der Waals surface area contributed by atoms with Gasteiger partial charge in [-0.3, -0.25) is 0 Å². The highest BCUT2D eigenvalue weighted by atomic mass is 16.5. The number of methoxy groups -OCH3 is 1. The van der Waals surface area contributed by atoms with Crippen LogP contribution in [0.5, 0.6) is 5.75 Å². The van der Waals surface area contributed by atoms with Gasteiger partial charge in [-0.2, -0.15) is 0 Å². The van der Waals surface area contributed by atoms with Gasteiger partial charge in [-0.1, -0.05) is 13.0 Å². The zero-order chi connectivity index (χ0) is 14.1. The van der Waals surface area contributed by atoms with Crippen LogP contribution in [-0.4, -0.2) is 32.3 Å². The average molecular weight is 263 g/mol. The van der Waals surface area contributed by atoms with E-state index in [1.165, 1.54) is 7.11 Å². The lowest BCUT2D eigenvalue weighted by atomic mass is 10.2. The molecule has 0 aliphatic heterocycles. The first-order chi connectivity index (χ1) is 9.21. The Labute approximate surface area is 114 Å². The van der Waals surface area contributed by atoms with Gasteiger partial charge in [-0.05, 0) is 30.7 Å². The molecular formula is C15H21NO3. The number of hydrogen-bond acceptors (Lipinski definition) is 4. The topological polar surface area (TPSA) is 47.6 Å². The van der Waals surface area contributed by atoms with Crippen molar-refractivity contribution in [2.24, 2.45) is 0 Å². The van der Waals surface area contributed by atoms with E-state index in [1.807, 2.05) is 6.08 Å². The standard InChI is InChI=1S/C15H21NO3/c1-4-10-16-11-13(5-2)19-14-8-6-12(7-9-14)15(17)18-3/h4,6-9,13,16H,1,5,10-11H2,2-3H3. The minimum absolute atomic E-state index is 0.101. The van der Waals surface area contributed by atoms with E-state index in [9.17, 15) is 4.79 Å². The highest BCUT2D eigenvalue weighted by Crippen LogP contribution is 2.15. The molecule has 1 unspecified atom stereocenters. The second-order valence-corrected chi connectivity index (χ2v) is 4.11. The highest BCUT2D eigenvalue weighted by molar-refractivity contribution is 5.89. The summed E-state index contributed by atoms with van der Waals surface area (Å²) in [5.41, 5.74) is 0.521. The summed E-state index contributed by atoms with van der Waals surface area (Å²) < 4.78 is 10.5. The molecule has 1 N–H and O–H groups in total. The lowest BCUT2D eigenvalue weighted by molar-refractivity contribution is 0.0600. The molecule has 0 saturated carbocycles. The molecule has 0 heterocycles. The van der Waals surface area contributed by atoms with Gasteiger partial charge in [0.15, 0.2) is 0 Å². The normalized spacial score (nSPS) is 11.7. The molecule has 0 amide bonds. The van der Waals surface area contributed by atoms with Crippen LogP contribution in [0.15, 0.2) is 36.9 Å². The van der Waals surface area contributed by atoms with Crippen LogP contribution in [0.4, 0.5) is 0 Å². The Hall–Kier alpha value is -1.81. The van der Waals surface area contributed by atoms with Crippen molar-refractivity contribution >= 4 is 5.97 Å². The van der Waals surface area contributed by atoms with Gasteiger partial charge in [0.2, 0.25) is 0 Å². The summed E-state index contributed by atoms with van der Waals surface area (Å²) in [7, 11) is 1.37. The van der Waals surface area contributed by atoms with E-state index in [0.717, 1.165) is 25.3 Å². The van der Waals surface area contributed by atoms with Crippen molar-refractivity contribution in [3.63, 3.8) is 0 Å². The fraction of sp³-hybridized carbons (Fsp3) is 0.400. The second-order valence-electron chi connectivity index (χ2n) is 4.11. The van der Waals surface area contributed by atoms with E-state index >= 15 is 0 Å². The Morgan fingerprint density at radius 3 is 2.63 bits per heavy atom. The molecule has 1 aromatic carbocycles. The van der Waals surface area contributed by atoms with E-state index in [4.69, 9.17) is 4.74 Å². The molecular weight excluding hydrogens is 242 g/mol. The van der Waals surface area contributed by atoms with Crippen LogP contribution in [0.1, 0.15) is 23.7 Å². The average Bonchev–Trinajstić information content (AvgIpc) is 2.46. The number of benzene rings is 1. The molecule has 19 heavy (non-hydrogen) atoms. The van der Waals surface area contributed by atoms with Gasteiger partial charge in [0.1, 0.15) is 11.9 Å². The Morgan fingerprint density at radius 2 is 2.11 bits per heavy atom. The number of rotatable bonds is 8. The third-order valence-electron chi connectivity index (χ3n) is 2.69. The van der Waals surface area contributed by atoms with E-state index < -0.39 is 0 Å². The van der Waals surface area contributed by atoms with Crippen molar-refractivity contribution in [2.45, 2.75) is 19.4 Å². The minimum atomic E-state index is -0.341. The molecule has 0 spiro atoms. The first kappa shape index (κ1) is 15.2. The molecule has 0 bridgehead atoms. The van der Waals surface area contributed by atoms with Crippen LogP contribution in [0.2, 0.25) is 0 Å². The Bertz CT molecular complexity index is 400. The second kappa shape index (κ2) is 8.32. The quantitative estimate of drug-likeness (QED) is 0.444. The number of carbonyl (C=O) groups excluding carboxylic acids is 1. The maximum atomic E-state index is 11.3. The third kappa shape index (κ3) is 5.14. The molecule has 0 fully saturated rings. The van der Waals surface area contributed by atoms with Crippen LogP contribution in [0.3, 0.4) is 0 Å². The molecule has 0 aliphatic carbocycles.